The predicted octanol–water partition coefficient (Wildman–Crippen LogP) is 1.33. The van der Waals surface area contributed by atoms with Gasteiger partial charge in [0.1, 0.15) is 12.2 Å². The van der Waals surface area contributed by atoms with E-state index in [4.69, 9.17) is 18.9 Å². The van der Waals surface area contributed by atoms with Gasteiger partial charge in [0.2, 0.25) is 6.29 Å². The zero-order valence-electron chi connectivity index (χ0n) is 13.5. The Morgan fingerprint density at radius 1 is 1.17 bits per heavy atom. The highest BCUT2D eigenvalue weighted by Gasteiger charge is 2.83. The lowest BCUT2D eigenvalue weighted by atomic mass is 9.48. The summed E-state index contributed by atoms with van der Waals surface area (Å²) in [5.41, 5.74) is -0.654. The molecule has 0 N–H and O–H groups in total. The molecule has 3 aliphatic heterocycles. The van der Waals surface area contributed by atoms with Crippen molar-refractivity contribution in [3.05, 3.63) is 11.6 Å². The van der Waals surface area contributed by atoms with E-state index in [1.807, 2.05) is 6.92 Å². The van der Waals surface area contributed by atoms with Crippen LogP contribution in [0.5, 0.6) is 0 Å². The molecule has 0 aromatic carbocycles. The lowest BCUT2D eigenvalue weighted by Gasteiger charge is -2.53. The van der Waals surface area contributed by atoms with Crippen molar-refractivity contribution < 1.29 is 28.5 Å². The molecule has 1 spiro atoms. The minimum absolute atomic E-state index is 0.0338. The molecule has 2 aliphatic carbocycles. The number of carbonyl (C=O) groups is 2. The van der Waals surface area contributed by atoms with E-state index < -0.39 is 23.3 Å². The molecule has 5 aliphatic rings. The summed E-state index contributed by atoms with van der Waals surface area (Å²) in [5.74, 6) is -0.500. The first-order chi connectivity index (χ1) is 10.9. The van der Waals surface area contributed by atoms with Gasteiger partial charge in [0.05, 0.1) is 5.41 Å². The van der Waals surface area contributed by atoms with Crippen LogP contribution in [0.15, 0.2) is 11.6 Å². The first-order valence-electron chi connectivity index (χ1n) is 8.23. The van der Waals surface area contributed by atoms with Crippen molar-refractivity contribution in [2.45, 2.75) is 57.2 Å². The van der Waals surface area contributed by atoms with Crippen LogP contribution in [0.2, 0.25) is 0 Å². The van der Waals surface area contributed by atoms with Crippen molar-refractivity contribution in [1.82, 2.24) is 0 Å². The van der Waals surface area contributed by atoms with Crippen LogP contribution < -0.4 is 0 Å². The van der Waals surface area contributed by atoms with Gasteiger partial charge in [-0.15, -0.1) is 0 Å². The molecular formula is C17H20O6. The molecular weight excluding hydrogens is 300 g/mol. The molecule has 2 saturated carbocycles. The topological polar surface area (TPSA) is 74.4 Å². The number of esters is 2. The molecule has 3 heterocycles. The van der Waals surface area contributed by atoms with Crippen molar-refractivity contribution in [3.8, 4) is 0 Å². The van der Waals surface area contributed by atoms with E-state index in [1.54, 1.807) is 6.08 Å². The van der Waals surface area contributed by atoms with E-state index in [-0.39, 0.29) is 29.5 Å². The molecule has 7 atom stereocenters. The van der Waals surface area contributed by atoms with E-state index in [9.17, 15) is 9.59 Å². The Balaban J connectivity index is 1.73. The molecule has 0 unspecified atom stereocenters. The molecule has 6 nitrogen and oxygen atoms in total. The first kappa shape index (κ1) is 14.0. The fourth-order valence-corrected chi connectivity index (χ4v) is 5.97. The Labute approximate surface area is 134 Å². The maximum atomic E-state index is 12.6. The van der Waals surface area contributed by atoms with Crippen LogP contribution in [-0.4, -0.2) is 43.1 Å². The van der Waals surface area contributed by atoms with Crippen LogP contribution >= 0.6 is 0 Å². The van der Waals surface area contributed by atoms with Crippen molar-refractivity contribution in [3.63, 3.8) is 0 Å². The highest BCUT2D eigenvalue weighted by molar-refractivity contribution is 5.87. The second-order valence-electron chi connectivity index (χ2n) is 7.93. The number of methoxy groups -OCH3 is 1. The third-order valence-corrected chi connectivity index (χ3v) is 6.87. The van der Waals surface area contributed by atoms with Gasteiger partial charge in [-0.2, -0.15) is 0 Å². The fraction of sp³-hybridized carbons (Fsp3) is 0.765. The molecule has 4 fully saturated rings. The third-order valence-electron chi connectivity index (χ3n) is 6.87. The van der Waals surface area contributed by atoms with E-state index in [1.165, 1.54) is 7.11 Å². The highest BCUT2D eigenvalue weighted by atomic mass is 16.8. The average molecular weight is 320 g/mol. The van der Waals surface area contributed by atoms with Crippen LogP contribution in [0.3, 0.4) is 0 Å². The summed E-state index contributed by atoms with van der Waals surface area (Å²) in [6.45, 7) is 4.14. The van der Waals surface area contributed by atoms with Gasteiger partial charge in [-0.05, 0) is 30.8 Å². The highest BCUT2D eigenvalue weighted by Crippen LogP contribution is 2.72. The summed E-state index contributed by atoms with van der Waals surface area (Å²) >= 11 is 0. The largest absolute Gasteiger partial charge is 0.459 e. The summed E-state index contributed by atoms with van der Waals surface area (Å²) in [6, 6.07) is 0. The Kier molecular flexibility index (Phi) is 2.31. The zero-order chi connectivity index (χ0) is 16.2. The van der Waals surface area contributed by atoms with Crippen LogP contribution in [0, 0.1) is 16.7 Å². The fourth-order valence-electron chi connectivity index (χ4n) is 5.97. The average Bonchev–Trinajstić information content (AvgIpc) is 3.17. The van der Waals surface area contributed by atoms with Crippen molar-refractivity contribution >= 4 is 11.9 Å². The van der Waals surface area contributed by atoms with Gasteiger partial charge in [0.25, 0.3) is 0 Å². The molecule has 0 aromatic heterocycles. The monoisotopic (exact) mass is 320 g/mol. The van der Waals surface area contributed by atoms with Crippen molar-refractivity contribution in [2.75, 3.05) is 7.11 Å². The van der Waals surface area contributed by atoms with Crippen LogP contribution in [0.25, 0.3) is 0 Å². The number of rotatable bonds is 1. The summed E-state index contributed by atoms with van der Waals surface area (Å²) in [4.78, 5) is 24.6. The molecule has 6 heteroatoms. The number of hydrogen-bond acceptors (Lipinski definition) is 6. The summed E-state index contributed by atoms with van der Waals surface area (Å²) in [5, 5.41) is 0. The molecule has 0 radical (unpaired) electrons. The molecule has 2 saturated heterocycles. The normalized spacial score (nSPS) is 55.9. The lowest BCUT2D eigenvalue weighted by Crippen LogP contribution is -2.60. The van der Waals surface area contributed by atoms with E-state index in [2.05, 4.69) is 6.92 Å². The van der Waals surface area contributed by atoms with E-state index >= 15 is 0 Å². The molecule has 5 rings (SSSR count). The van der Waals surface area contributed by atoms with Gasteiger partial charge in [0.15, 0.2) is 5.60 Å². The van der Waals surface area contributed by atoms with Crippen LogP contribution in [0.1, 0.15) is 33.1 Å². The van der Waals surface area contributed by atoms with E-state index in [0.717, 1.165) is 24.8 Å². The smallest absolute Gasteiger partial charge is 0.333 e. The molecule has 0 aromatic rings. The van der Waals surface area contributed by atoms with Gasteiger partial charge in [-0.3, -0.25) is 4.79 Å². The lowest BCUT2D eigenvalue weighted by molar-refractivity contribution is -0.187. The number of epoxide rings is 1. The molecule has 23 heavy (non-hydrogen) atoms. The molecule has 0 amide bonds. The Morgan fingerprint density at radius 2 is 1.91 bits per heavy atom. The second kappa shape index (κ2) is 3.81. The predicted molar refractivity (Wildman–Crippen MR) is 76.0 cm³/mol. The summed E-state index contributed by atoms with van der Waals surface area (Å²) in [7, 11) is 1.51. The molecule has 0 bridgehead atoms. The number of carbonyl (C=O) groups excluding carboxylic acids is 2. The minimum atomic E-state index is -0.776. The summed E-state index contributed by atoms with van der Waals surface area (Å²) < 4.78 is 22.6. The van der Waals surface area contributed by atoms with Gasteiger partial charge in [-0.1, -0.05) is 13.3 Å². The molecule has 124 valence electrons. The van der Waals surface area contributed by atoms with Crippen molar-refractivity contribution in [2.24, 2.45) is 16.7 Å². The van der Waals surface area contributed by atoms with Crippen molar-refractivity contribution in [1.29, 1.82) is 0 Å². The standard InChI is InChI=1S/C17H20O6/c1-15-5-4-6-16(2)11(15)10(22-13(16)19)12-17(23-12)8(15)7-9(18)21-14(17)20-3/h7,10-12,14H,4-6H2,1-3H3/t10-,11+,12+,14-,15+,16-,17-/m0/s1. The Hall–Kier alpha value is -1.40. The van der Waals surface area contributed by atoms with Crippen LogP contribution in [0.4, 0.5) is 0 Å². The number of cyclic esters (lactones) is 1. The second-order valence-corrected chi connectivity index (χ2v) is 7.93. The van der Waals surface area contributed by atoms with Gasteiger partial charge in [-0.25, -0.2) is 4.79 Å². The van der Waals surface area contributed by atoms with Crippen LogP contribution in [-0.2, 0) is 28.5 Å². The quantitative estimate of drug-likeness (QED) is 0.536. The number of hydrogen-bond donors (Lipinski definition) is 0. The maximum absolute atomic E-state index is 12.6. The Morgan fingerprint density at radius 3 is 2.65 bits per heavy atom. The van der Waals surface area contributed by atoms with Gasteiger partial charge >= 0.3 is 11.9 Å². The Bertz CT molecular complexity index is 670. The number of ether oxygens (including phenoxy) is 4. The maximum Gasteiger partial charge on any atom is 0.333 e. The number of fused-ring (bicyclic) bond motifs is 2. The SMILES string of the molecule is CO[C@H]1OC(=O)C=C2[C@@]13O[C@@H]3[C@H]1OC(=O)[C@@]3(C)CCC[C@@]2(C)[C@@H]13. The first-order valence-corrected chi connectivity index (χ1v) is 8.23. The van der Waals surface area contributed by atoms with Gasteiger partial charge in [0, 0.05) is 19.1 Å². The summed E-state index contributed by atoms with van der Waals surface area (Å²) in [6.07, 6.45) is 2.89. The minimum Gasteiger partial charge on any atom is -0.459 e. The van der Waals surface area contributed by atoms with E-state index in [0.29, 0.717) is 0 Å². The third kappa shape index (κ3) is 1.32. The zero-order valence-corrected chi connectivity index (χ0v) is 13.5. The van der Waals surface area contributed by atoms with Gasteiger partial charge < -0.3 is 18.9 Å².